The molecule has 0 aliphatic rings. The van der Waals surface area contributed by atoms with E-state index in [0.29, 0.717) is 11.3 Å². The zero-order valence-electron chi connectivity index (χ0n) is 9.72. The number of sulfonamides is 1. The molecule has 0 atom stereocenters. The minimum Gasteiger partial charge on any atom is -0.398 e. The van der Waals surface area contributed by atoms with Crippen molar-refractivity contribution in [2.75, 3.05) is 18.9 Å². The summed E-state index contributed by atoms with van der Waals surface area (Å²) >= 11 is 5.86. The molecule has 0 fully saturated rings. The molecule has 8 heteroatoms. The van der Waals surface area contributed by atoms with Crippen molar-refractivity contribution in [3.63, 3.8) is 0 Å². The number of anilines is 1. The number of rotatable bonds is 5. The van der Waals surface area contributed by atoms with Crippen molar-refractivity contribution in [3.05, 3.63) is 22.7 Å². The van der Waals surface area contributed by atoms with Crippen LogP contribution in [0.25, 0.3) is 0 Å². The molecule has 0 radical (unpaired) electrons. The number of nitrogens with one attached hydrogen (secondary N) is 1. The predicted octanol–water partition coefficient (Wildman–Crippen LogP) is -0.138. The van der Waals surface area contributed by atoms with Crippen LogP contribution in [0.2, 0.25) is 5.02 Å². The zero-order valence-corrected chi connectivity index (χ0v) is 11.3. The summed E-state index contributed by atoms with van der Waals surface area (Å²) in [6.07, 6.45) is 0. The van der Waals surface area contributed by atoms with Crippen LogP contribution in [0.4, 0.5) is 5.69 Å². The number of halogens is 1. The van der Waals surface area contributed by atoms with Crippen molar-refractivity contribution in [2.24, 2.45) is 0 Å². The summed E-state index contributed by atoms with van der Waals surface area (Å²) in [5.74, 6) is 0. The first-order valence-corrected chi connectivity index (χ1v) is 6.97. The van der Waals surface area contributed by atoms with Gasteiger partial charge in [-0.25, -0.2) is 13.1 Å². The van der Waals surface area contributed by atoms with E-state index >= 15 is 0 Å². The lowest BCUT2D eigenvalue weighted by molar-refractivity contribution is 0.185. The summed E-state index contributed by atoms with van der Waals surface area (Å²) < 4.78 is 26.1. The molecule has 18 heavy (non-hydrogen) atoms. The third kappa shape index (κ3) is 3.33. The number of aliphatic hydroxyl groups is 2. The van der Waals surface area contributed by atoms with Crippen LogP contribution >= 0.6 is 11.6 Å². The fourth-order valence-corrected chi connectivity index (χ4v) is 3.13. The fraction of sp³-hybridized carbons (Fsp3) is 0.400. The molecule has 0 bridgehead atoms. The SMILES string of the molecule is Cc1cc(Cl)c(S(=O)(=O)NC(CO)CO)cc1N. The standard InChI is InChI=1S/C10H15ClN2O4S/c1-6-2-8(11)10(3-9(6)12)18(16,17)13-7(4-14)5-15/h2-3,7,13-15H,4-5,12H2,1H3. The highest BCUT2D eigenvalue weighted by molar-refractivity contribution is 7.89. The summed E-state index contributed by atoms with van der Waals surface area (Å²) in [7, 11) is -3.94. The topological polar surface area (TPSA) is 113 Å². The van der Waals surface area contributed by atoms with Gasteiger partial charge < -0.3 is 15.9 Å². The molecular weight excluding hydrogens is 280 g/mol. The van der Waals surface area contributed by atoms with Gasteiger partial charge >= 0.3 is 0 Å². The Morgan fingerprint density at radius 3 is 2.44 bits per heavy atom. The molecule has 0 unspecified atom stereocenters. The Balaban J connectivity index is 3.16. The van der Waals surface area contributed by atoms with E-state index in [2.05, 4.69) is 4.72 Å². The van der Waals surface area contributed by atoms with Crippen LogP contribution in [-0.4, -0.2) is 37.9 Å². The highest BCUT2D eigenvalue weighted by atomic mass is 35.5. The summed E-state index contributed by atoms with van der Waals surface area (Å²) in [6.45, 7) is 0.665. The van der Waals surface area contributed by atoms with Crippen LogP contribution in [0.3, 0.4) is 0 Å². The fourth-order valence-electron chi connectivity index (χ4n) is 1.29. The van der Waals surface area contributed by atoms with Crippen LogP contribution in [0.1, 0.15) is 5.56 Å². The van der Waals surface area contributed by atoms with Crippen molar-refractivity contribution in [1.29, 1.82) is 0 Å². The highest BCUT2D eigenvalue weighted by Crippen LogP contribution is 2.26. The second-order valence-electron chi connectivity index (χ2n) is 3.82. The number of benzene rings is 1. The maximum atomic E-state index is 12.0. The van der Waals surface area contributed by atoms with Gasteiger partial charge in [-0.3, -0.25) is 0 Å². The molecule has 0 aliphatic heterocycles. The number of aryl methyl sites for hydroxylation is 1. The lowest BCUT2D eigenvalue weighted by Gasteiger charge is -2.15. The Hall–Kier alpha value is -0.860. The van der Waals surface area contributed by atoms with Crippen molar-refractivity contribution in [1.82, 2.24) is 4.72 Å². The molecule has 6 nitrogen and oxygen atoms in total. The second-order valence-corrected chi connectivity index (χ2v) is 5.91. The number of hydrogen-bond acceptors (Lipinski definition) is 5. The average molecular weight is 295 g/mol. The maximum Gasteiger partial charge on any atom is 0.242 e. The molecule has 102 valence electrons. The molecule has 1 rings (SSSR count). The van der Waals surface area contributed by atoms with Crippen LogP contribution in [0, 0.1) is 6.92 Å². The Kier molecular flexibility index (Phi) is 4.94. The molecule has 0 amide bonds. The van der Waals surface area contributed by atoms with Gasteiger partial charge in [0.05, 0.1) is 24.3 Å². The van der Waals surface area contributed by atoms with E-state index in [4.69, 9.17) is 27.5 Å². The van der Waals surface area contributed by atoms with Gasteiger partial charge in [-0.1, -0.05) is 11.6 Å². The van der Waals surface area contributed by atoms with Gasteiger partial charge in [0.2, 0.25) is 10.0 Å². The summed E-state index contributed by atoms with van der Waals surface area (Å²) in [6, 6.07) is 1.71. The molecule has 5 N–H and O–H groups in total. The normalized spacial score (nSPS) is 12.1. The number of hydrogen-bond donors (Lipinski definition) is 4. The van der Waals surface area contributed by atoms with Gasteiger partial charge in [0, 0.05) is 5.69 Å². The largest absolute Gasteiger partial charge is 0.398 e. The van der Waals surface area contributed by atoms with E-state index in [0.717, 1.165) is 0 Å². The lowest BCUT2D eigenvalue weighted by Crippen LogP contribution is -2.40. The van der Waals surface area contributed by atoms with Crippen molar-refractivity contribution < 1.29 is 18.6 Å². The van der Waals surface area contributed by atoms with E-state index < -0.39 is 29.3 Å². The van der Waals surface area contributed by atoms with E-state index in [-0.39, 0.29) is 9.92 Å². The Bertz CT molecular complexity index is 529. The van der Waals surface area contributed by atoms with Gasteiger partial charge in [-0.15, -0.1) is 0 Å². The molecule has 0 saturated carbocycles. The van der Waals surface area contributed by atoms with Gasteiger partial charge in [-0.05, 0) is 24.6 Å². The van der Waals surface area contributed by atoms with Gasteiger partial charge in [-0.2, -0.15) is 0 Å². The molecule has 0 heterocycles. The van der Waals surface area contributed by atoms with E-state index in [1.54, 1.807) is 6.92 Å². The summed E-state index contributed by atoms with van der Waals surface area (Å²) in [4.78, 5) is -0.181. The Morgan fingerprint density at radius 2 is 1.94 bits per heavy atom. The lowest BCUT2D eigenvalue weighted by atomic mass is 10.2. The zero-order chi connectivity index (χ0) is 13.9. The average Bonchev–Trinajstić information content (AvgIpc) is 2.30. The van der Waals surface area contributed by atoms with Crippen LogP contribution < -0.4 is 10.5 Å². The third-order valence-corrected chi connectivity index (χ3v) is 4.36. The Labute approximate surface area is 110 Å². The van der Waals surface area contributed by atoms with Crippen LogP contribution in [0.15, 0.2) is 17.0 Å². The highest BCUT2D eigenvalue weighted by Gasteiger charge is 2.22. The molecule has 0 aromatic heterocycles. The predicted molar refractivity (Wildman–Crippen MR) is 68.9 cm³/mol. The third-order valence-electron chi connectivity index (χ3n) is 2.37. The minimum atomic E-state index is -3.94. The van der Waals surface area contributed by atoms with E-state index in [1.165, 1.54) is 12.1 Å². The van der Waals surface area contributed by atoms with Gasteiger partial charge in [0.1, 0.15) is 4.90 Å². The first kappa shape index (κ1) is 15.2. The first-order chi connectivity index (χ1) is 8.31. The molecule has 1 aromatic carbocycles. The maximum absolute atomic E-state index is 12.0. The molecular formula is C10H15ClN2O4S. The molecule has 1 aromatic rings. The first-order valence-electron chi connectivity index (χ1n) is 5.11. The number of nitrogen functional groups attached to an aromatic ring is 1. The van der Waals surface area contributed by atoms with Gasteiger partial charge in [0.15, 0.2) is 0 Å². The van der Waals surface area contributed by atoms with Crippen molar-refractivity contribution >= 4 is 27.3 Å². The van der Waals surface area contributed by atoms with Crippen LogP contribution in [-0.2, 0) is 10.0 Å². The van der Waals surface area contributed by atoms with Crippen molar-refractivity contribution in [2.45, 2.75) is 17.9 Å². The quantitative estimate of drug-likeness (QED) is 0.565. The molecule has 0 spiro atoms. The smallest absolute Gasteiger partial charge is 0.242 e. The molecule has 0 aliphatic carbocycles. The van der Waals surface area contributed by atoms with Crippen molar-refractivity contribution in [3.8, 4) is 0 Å². The minimum absolute atomic E-state index is 0.0313. The summed E-state index contributed by atoms with van der Waals surface area (Å²) in [5.41, 5.74) is 6.59. The van der Waals surface area contributed by atoms with E-state index in [1.807, 2.05) is 0 Å². The molecule has 0 saturated heterocycles. The monoisotopic (exact) mass is 294 g/mol. The number of nitrogens with two attached hydrogens (primary N) is 1. The summed E-state index contributed by atoms with van der Waals surface area (Å²) in [5, 5.41) is 17.8. The Morgan fingerprint density at radius 1 is 1.39 bits per heavy atom. The second kappa shape index (κ2) is 5.85. The van der Waals surface area contributed by atoms with Crippen LogP contribution in [0.5, 0.6) is 0 Å². The van der Waals surface area contributed by atoms with E-state index in [9.17, 15) is 8.42 Å². The number of aliphatic hydroxyl groups excluding tert-OH is 2. The van der Waals surface area contributed by atoms with Gasteiger partial charge in [0.25, 0.3) is 0 Å².